The number of hydrogen-bond acceptors (Lipinski definition) is 3. The Balaban J connectivity index is 1.75. The van der Waals surface area contributed by atoms with Gasteiger partial charge in [0.25, 0.3) is 0 Å². The van der Waals surface area contributed by atoms with Crippen LogP contribution in [0.4, 0.5) is 4.79 Å². The second-order valence-electron chi connectivity index (χ2n) is 7.83. The van der Waals surface area contributed by atoms with Gasteiger partial charge < -0.3 is 9.67 Å². The summed E-state index contributed by atoms with van der Waals surface area (Å²) in [5, 5.41) is 18.5. The van der Waals surface area contributed by atoms with Crippen molar-refractivity contribution in [3.8, 4) is 18.4 Å². The predicted octanol–water partition coefficient (Wildman–Crippen LogP) is 3.72. The first kappa shape index (κ1) is 18.8. The molecule has 0 radical (unpaired) electrons. The maximum atomic E-state index is 11.4. The average molecular weight is 364 g/mol. The summed E-state index contributed by atoms with van der Waals surface area (Å²) in [4.78, 5) is 17.2. The van der Waals surface area contributed by atoms with Gasteiger partial charge in [-0.15, -0.1) is 6.42 Å². The predicted molar refractivity (Wildman–Crippen MR) is 103 cm³/mol. The molecular formula is C21H24N4O2. The quantitative estimate of drug-likeness (QED) is 0.820. The van der Waals surface area contributed by atoms with Crippen molar-refractivity contribution in [2.24, 2.45) is 11.3 Å². The maximum Gasteiger partial charge on any atom is 0.408 e. The van der Waals surface area contributed by atoms with E-state index in [0.29, 0.717) is 18.0 Å². The second-order valence-corrected chi connectivity index (χ2v) is 7.83. The van der Waals surface area contributed by atoms with Crippen molar-refractivity contribution in [3.05, 3.63) is 30.1 Å². The van der Waals surface area contributed by atoms with Gasteiger partial charge >= 0.3 is 6.09 Å². The third-order valence-corrected chi connectivity index (χ3v) is 5.51. The molecular weight excluding hydrogens is 340 g/mol. The summed E-state index contributed by atoms with van der Waals surface area (Å²) < 4.78 is 2.12. The molecule has 0 bridgehead atoms. The van der Waals surface area contributed by atoms with E-state index in [9.17, 15) is 9.90 Å². The number of carbonyl (C=O) groups is 1. The van der Waals surface area contributed by atoms with Crippen LogP contribution in [0.1, 0.15) is 38.2 Å². The van der Waals surface area contributed by atoms with Gasteiger partial charge in [0.05, 0.1) is 35.5 Å². The Morgan fingerprint density at radius 2 is 2.37 bits per heavy atom. The summed E-state index contributed by atoms with van der Waals surface area (Å²) >= 11 is 0. The zero-order valence-corrected chi connectivity index (χ0v) is 15.6. The highest BCUT2D eigenvalue weighted by atomic mass is 16.4. The Bertz CT molecular complexity index is 920. The number of nitriles is 1. The molecule has 1 heterocycles. The van der Waals surface area contributed by atoms with Crippen LogP contribution in [-0.4, -0.2) is 38.7 Å². The highest BCUT2D eigenvalue weighted by Crippen LogP contribution is 2.41. The number of aromatic nitrogens is 2. The molecule has 27 heavy (non-hydrogen) atoms. The van der Waals surface area contributed by atoms with Gasteiger partial charge in [0.2, 0.25) is 0 Å². The molecule has 1 aliphatic carbocycles. The molecule has 1 saturated carbocycles. The van der Waals surface area contributed by atoms with E-state index >= 15 is 0 Å². The molecule has 140 valence electrons. The topological polar surface area (TPSA) is 82.2 Å². The first-order valence-electron chi connectivity index (χ1n) is 9.20. The average Bonchev–Trinajstić information content (AvgIpc) is 3.02. The Hall–Kier alpha value is -2.99. The number of terminal acetylenes is 1. The normalized spacial score (nSPS) is 22.1. The summed E-state index contributed by atoms with van der Waals surface area (Å²) in [6.45, 7) is 3.67. The van der Waals surface area contributed by atoms with Crippen LogP contribution in [0.3, 0.4) is 0 Å². The number of imidazole rings is 1. The maximum absolute atomic E-state index is 11.4. The van der Waals surface area contributed by atoms with Crippen LogP contribution in [0.25, 0.3) is 11.0 Å². The van der Waals surface area contributed by atoms with Crippen molar-refractivity contribution >= 4 is 17.1 Å². The van der Waals surface area contributed by atoms with Gasteiger partial charge in [0, 0.05) is 13.1 Å². The molecule has 0 aliphatic heterocycles. The molecule has 2 aromatic rings. The fourth-order valence-electron chi connectivity index (χ4n) is 4.31. The van der Waals surface area contributed by atoms with Crippen molar-refractivity contribution in [1.82, 2.24) is 14.5 Å². The number of carboxylic acid groups (broad SMARTS) is 1. The lowest BCUT2D eigenvalue weighted by Gasteiger charge is -2.39. The third kappa shape index (κ3) is 4.23. The van der Waals surface area contributed by atoms with Gasteiger partial charge in [-0.05, 0) is 48.8 Å². The van der Waals surface area contributed by atoms with Crippen LogP contribution in [0.2, 0.25) is 0 Å². The Morgan fingerprint density at radius 1 is 1.56 bits per heavy atom. The van der Waals surface area contributed by atoms with Gasteiger partial charge in [-0.3, -0.25) is 4.90 Å². The molecule has 1 fully saturated rings. The first-order valence-corrected chi connectivity index (χ1v) is 9.20. The number of fused-ring (bicyclic) bond motifs is 1. The molecule has 1 unspecified atom stereocenters. The van der Waals surface area contributed by atoms with Gasteiger partial charge in [-0.1, -0.05) is 19.3 Å². The van der Waals surface area contributed by atoms with E-state index in [1.165, 1.54) is 4.90 Å². The van der Waals surface area contributed by atoms with E-state index < -0.39 is 6.09 Å². The second kappa shape index (κ2) is 7.72. The summed E-state index contributed by atoms with van der Waals surface area (Å²) in [7, 11) is 0. The van der Waals surface area contributed by atoms with Crippen LogP contribution in [-0.2, 0) is 6.54 Å². The number of amides is 1. The van der Waals surface area contributed by atoms with Crippen LogP contribution in [0.15, 0.2) is 24.5 Å². The van der Waals surface area contributed by atoms with Crippen molar-refractivity contribution in [2.45, 2.75) is 39.2 Å². The van der Waals surface area contributed by atoms with E-state index in [-0.39, 0.29) is 12.0 Å². The molecule has 6 heteroatoms. The van der Waals surface area contributed by atoms with E-state index in [2.05, 4.69) is 28.5 Å². The van der Waals surface area contributed by atoms with Gasteiger partial charge in [-0.2, -0.15) is 5.26 Å². The lowest BCUT2D eigenvalue weighted by Crippen LogP contribution is -2.39. The van der Waals surface area contributed by atoms with Crippen LogP contribution < -0.4 is 0 Å². The van der Waals surface area contributed by atoms with E-state index in [4.69, 9.17) is 11.7 Å². The van der Waals surface area contributed by atoms with Gasteiger partial charge in [0.1, 0.15) is 0 Å². The molecule has 1 aromatic heterocycles. The van der Waals surface area contributed by atoms with Crippen LogP contribution in [0.5, 0.6) is 0 Å². The highest BCUT2D eigenvalue weighted by Gasteiger charge is 2.34. The molecule has 6 nitrogen and oxygen atoms in total. The lowest BCUT2D eigenvalue weighted by atomic mass is 9.70. The molecule has 1 N–H and O–H groups in total. The third-order valence-electron chi connectivity index (χ3n) is 5.51. The summed E-state index contributed by atoms with van der Waals surface area (Å²) in [6.07, 6.45) is 10.3. The zero-order valence-electron chi connectivity index (χ0n) is 15.6. The SMILES string of the molecule is C#CCN(CC1CCC[C@](C)(Cn2cnc3ccc(C#N)cc32)C1)C(=O)O. The Labute approximate surface area is 159 Å². The number of hydrogen-bond donors (Lipinski definition) is 1. The van der Waals surface area contributed by atoms with E-state index in [0.717, 1.165) is 43.3 Å². The fourth-order valence-corrected chi connectivity index (χ4v) is 4.31. The zero-order chi connectivity index (χ0) is 19.4. The van der Waals surface area contributed by atoms with E-state index in [1.54, 1.807) is 6.07 Å². The molecule has 0 spiro atoms. The van der Waals surface area contributed by atoms with Crippen LogP contribution in [0, 0.1) is 35.0 Å². The van der Waals surface area contributed by atoms with Crippen molar-refractivity contribution < 1.29 is 9.90 Å². The number of benzene rings is 1. The minimum Gasteiger partial charge on any atom is -0.465 e. The van der Waals surface area contributed by atoms with Crippen LogP contribution >= 0.6 is 0 Å². The minimum atomic E-state index is -0.954. The molecule has 1 amide bonds. The number of rotatable bonds is 5. The standard InChI is InChI=1S/C21H24N4O2/c1-3-9-24(20(26)27)13-17-5-4-8-21(2,11-17)14-25-15-23-18-7-6-16(12-22)10-19(18)25/h1,6-7,10,15,17H,4-5,8-9,11,13-14H2,2H3,(H,26,27)/t17?,21-/m0/s1. The molecule has 1 aliphatic rings. The summed E-state index contributed by atoms with van der Waals surface area (Å²) in [5.41, 5.74) is 2.54. The largest absolute Gasteiger partial charge is 0.465 e. The summed E-state index contributed by atoms with van der Waals surface area (Å²) in [5.74, 6) is 2.74. The first-order chi connectivity index (χ1) is 12.9. The van der Waals surface area contributed by atoms with Gasteiger partial charge in [0.15, 0.2) is 0 Å². The van der Waals surface area contributed by atoms with Crippen molar-refractivity contribution in [3.63, 3.8) is 0 Å². The number of nitrogens with zero attached hydrogens (tertiary/aromatic N) is 4. The molecule has 1 aromatic carbocycles. The van der Waals surface area contributed by atoms with Crippen molar-refractivity contribution in [1.29, 1.82) is 5.26 Å². The molecule has 0 saturated heterocycles. The Morgan fingerprint density at radius 3 is 3.07 bits per heavy atom. The molecule has 2 atom stereocenters. The smallest absolute Gasteiger partial charge is 0.408 e. The minimum absolute atomic E-state index is 0.0551. The van der Waals surface area contributed by atoms with Gasteiger partial charge in [-0.25, -0.2) is 9.78 Å². The molecule has 3 rings (SSSR count). The fraction of sp³-hybridized carbons (Fsp3) is 0.476. The highest BCUT2D eigenvalue weighted by molar-refractivity contribution is 5.77. The lowest BCUT2D eigenvalue weighted by molar-refractivity contribution is 0.0995. The van der Waals surface area contributed by atoms with E-state index in [1.807, 2.05) is 18.5 Å². The Kier molecular flexibility index (Phi) is 5.37. The summed E-state index contributed by atoms with van der Waals surface area (Å²) in [6, 6.07) is 7.72. The van der Waals surface area contributed by atoms with Crippen molar-refractivity contribution in [2.75, 3.05) is 13.1 Å². The monoisotopic (exact) mass is 364 g/mol.